The number of hydrogen-bond acceptors (Lipinski definition) is 9. The molecule has 4 rings (SSSR count). The number of aromatic nitrogens is 6. The molecule has 1 aliphatic rings. The van der Waals surface area contributed by atoms with Gasteiger partial charge in [-0.05, 0) is 25.3 Å². The van der Waals surface area contributed by atoms with Crippen LogP contribution < -0.4 is 20.3 Å². The highest BCUT2D eigenvalue weighted by atomic mass is 16.5. The van der Waals surface area contributed by atoms with Gasteiger partial charge in [-0.15, -0.1) is 0 Å². The number of carbonyl (C=O) groups is 1. The van der Waals surface area contributed by atoms with Crippen LogP contribution in [0.4, 0.5) is 0 Å². The maximum atomic E-state index is 13.0. The summed E-state index contributed by atoms with van der Waals surface area (Å²) in [6.07, 6.45) is 5.25. The van der Waals surface area contributed by atoms with E-state index in [1.54, 1.807) is 16.8 Å². The second-order valence-electron chi connectivity index (χ2n) is 6.89. The highest BCUT2D eigenvalue weighted by molar-refractivity contribution is 5.92. The van der Waals surface area contributed by atoms with Gasteiger partial charge in [0.2, 0.25) is 5.88 Å². The molecule has 160 valence electrons. The average Bonchev–Trinajstić information content (AvgIpc) is 3.01. The Morgan fingerprint density at radius 2 is 2.00 bits per heavy atom. The van der Waals surface area contributed by atoms with E-state index in [9.17, 15) is 9.59 Å². The Balaban J connectivity index is 1.70. The topological polar surface area (TPSA) is 134 Å². The molecule has 0 saturated heterocycles. The monoisotopic (exact) mass is 423 g/mol. The van der Waals surface area contributed by atoms with Crippen molar-refractivity contribution in [2.24, 2.45) is 0 Å². The van der Waals surface area contributed by atoms with Gasteiger partial charge in [-0.25, -0.2) is 15.0 Å². The molecule has 0 aliphatic carbocycles. The summed E-state index contributed by atoms with van der Waals surface area (Å²) >= 11 is 0. The van der Waals surface area contributed by atoms with Crippen molar-refractivity contribution in [1.82, 2.24) is 34.8 Å². The molecule has 3 aromatic heterocycles. The first-order valence-electron chi connectivity index (χ1n) is 9.75. The van der Waals surface area contributed by atoms with Gasteiger partial charge in [0, 0.05) is 24.9 Å². The number of carbonyl (C=O) groups excluding carboxylic acids is 1. The van der Waals surface area contributed by atoms with Gasteiger partial charge in [-0.2, -0.15) is 9.97 Å². The fourth-order valence-corrected chi connectivity index (χ4v) is 3.42. The Labute approximate surface area is 177 Å². The van der Waals surface area contributed by atoms with Crippen molar-refractivity contribution < 1.29 is 14.3 Å². The van der Waals surface area contributed by atoms with Crippen LogP contribution in [0.5, 0.6) is 11.9 Å². The first-order valence-corrected chi connectivity index (χ1v) is 9.75. The number of hydrogen-bond donors (Lipinski definition) is 1. The molecule has 0 radical (unpaired) electrons. The second-order valence-corrected chi connectivity index (χ2v) is 6.89. The fourth-order valence-electron chi connectivity index (χ4n) is 3.42. The summed E-state index contributed by atoms with van der Waals surface area (Å²) in [7, 11) is 2.85. The van der Waals surface area contributed by atoms with Gasteiger partial charge in [-0.1, -0.05) is 0 Å². The summed E-state index contributed by atoms with van der Waals surface area (Å²) in [6, 6.07) is 4.10. The van der Waals surface area contributed by atoms with E-state index in [4.69, 9.17) is 9.47 Å². The minimum atomic E-state index is -0.476. The molecule has 0 fully saturated rings. The van der Waals surface area contributed by atoms with Crippen molar-refractivity contribution in [2.75, 3.05) is 14.2 Å². The summed E-state index contributed by atoms with van der Waals surface area (Å²) in [6.45, 7) is 0.534. The molecule has 4 heterocycles. The van der Waals surface area contributed by atoms with Crippen molar-refractivity contribution >= 4 is 5.91 Å². The average molecular weight is 423 g/mol. The molecule has 3 aromatic rings. The van der Waals surface area contributed by atoms with Crippen LogP contribution in [0.3, 0.4) is 0 Å². The normalized spacial score (nSPS) is 15.5. The van der Waals surface area contributed by atoms with E-state index in [1.807, 2.05) is 0 Å². The van der Waals surface area contributed by atoms with Gasteiger partial charge in [0.1, 0.15) is 17.8 Å². The Kier molecular flexibility index (Phi) is 5.83. The molecule has 1 amide bonds. The van der Waals surface area contributed by atoms with Crippen LogP contribution in [-0.2, 0) is 6.54 Å². The Morgan fingerprint density at radius 1 is 1.13 bits per heavy atom. The molecule has 0 saturated carbocycles. The van der Waals surface area contributed by atoms with Gasteiger partial charge < -0.3 is 14.8 Å². The predicted octanol–water partition coefficient (Wildman–Crippen LogP) is 1.16. The molecule has 1 atom stereocenters. The predicted molar refractivity (Wildman–Crippen MR) is 109 cm³/mol. The summed E-state index contributed by atoms with van der Waals surface area (Å²) in [5.41, 5.74) is 0.874. The van der Waals surface area contributed by atoms with Crippen LogP contribution in [0.2, 0.25) is 0 Å². The Hall–Kier alpha value is -3.89. The molecular weight excluding hydrogens is 402 g/mol. The highest BCUT2D eigenvalue weighted by Crippen LogP contribution is 2.24. The SMILES string of the molecule is COc1cc(C(=O)NC2CCCCn3c2nc(-c2ccncn2)cc3=O)nc(OC)n1. The lowest BCUT2D eigenvalue weighted by atomic mass is 10.1. The number of ether oxygens (including phenoxy) is 2. The molecule has 1 N–H and O–H groups in total. The van der Waals surface area contributed by atoms with Crippen molar-refractivity contribution in [3.63, 3.8) is 0 Å². The van der Waals surface area contributed by atoms with Crippen molar-refractivity contribution in [3.05, 3.63) is 52.6 Å². The van der Waals surface area contributed by atoms with E-state index in [-0.39, 0.29) is 23.1 Å². The number of amides is 1. The van der Waals surface area contributed by atoms with Gasteiger partial charge >= 0.3 is 6.01 Å². The number of rotatable bonds is 5. The lowest BCUT2D eigenvalue weighted by Gasteiger charge is -2.19. The van der Waals surface area contributed by atoms with Gasteiger partial charge in [-0.3, -0.25) is 14.2 Å². The van der Waals surface area contributed by atoms with Crippen LogP contribution in [0.25, 0.3) is 11.4 Å². The van der Waals surface area contributed by atoms with E-state index in [0.29, 0.717) is 30.2 Å². The highest BCUT2D eigenvalue weighted by Gasteiger charge is 2.25. The van der Waals surface area contributed by atoms with Crippen molar-refractivity contribution in [1.29, 1.82) is 0 Å². The molecule has 31 heavy (non-hydrogen) atoms. The van der Waals surface area contributed by atoms with Crippen LogP contribution in [-0.4, -0.2) is 49.6 Å². The number of nitrogens with one attached hydrogen (secondary N) is 1. The van der Waals surface area contributed by atoms with Crippen molar-refractivity contribution in [2.45, 2.75) is 31.8 Å². The quantitative estimate of drug-likeness (QED) is 0.641. The van der Waals surface area contributed by atoms with Gasteiger partial charge in [0.15, 0.2) is 0 Å². The Morgan fingerprint density at radius 3 is 2.74 bits per heavy atom. The lowest BCUT2D eigenvalue weighted by molar-refractivity contribution is 0.0925. The zero-order valence-electron chi connectivity index (χ0n) is 17.1. The second kappa shape index (κ2) is 8.86. The molecule has 0 bridgehead atoms. The summed E-state index contributed by atoms with van der Waals surface area (Å²) < 4.78 is 11.8. The molecule has 11 nitrogen and oxygen atoms in total. The van der Waals surface area contributed by atoms with Gasteiger partial charge in [0.25, 0.3) is 11.5 Å². The van der Waals surface area contributed by atoms with Crippen molar-refractivity contribution in [3.8, 4) is 23.3 Å². The summed E-state index contributed by atoms with van der Waals surface area (Å²) in [5, 5.41) is 2.94. The minimum Gasteiger partial charge on any atom is -0.481 e. The smallest absolute Gasteiger partial charge is 0.320 e. The maximum Gasteiger partial charge on any atom is 0.320 e. The zero-order chi connectivity index (χ0) is 21.8. The third kappa shape index (κ3) is 4.34. The third-order valence-electron chi connectivity index (χ3n) is 4.93. The first kappa shape index (κ1) is 20.4. The molecular formula is C20H21N7O4. The number of fused-ring (bicyclic) bond motifs is 1. The van der Waals surface area contributed by atoms with Crippen LogP contribution in [0.15, 0.2) is 35.5 Å². The fraction of sp³-hybridized carbons (Fsp3) is 0.350. The zero-order valence-corrected chi connectivity index (χ0v) is 17.1. The van der Waals surface area contributed by atoms with E-state index >= 15 is 0 Å². The van der Waals surface area contributed by atoms with E-state index in [0.717, 1.165) is 12.8 Å². The van der Waals surface area contributed by atoms with E-state index < -0.39 is 11.9 Å². The molecule has 1 unspecified atom stereocenters. The van der Waals surface area contributed by atoms with Crippen LogP contribution >= 0.6 is 0 Å². The first-order chi connectivity index (χ1) is 15.1. The molecule has 0 aromatic carbocycles. The maximum absolute atomic E-state index is 13.0. The van der Waals surface area contributed by atoms with Crippen LogP contribution in [0.1, 0.15) is 41.6 Å². The molecule has 1 aliphatic heterocycles. The minimum absolute atomic E-state index is 0.0196. The van der Waals surface area contributed by atoms with E-state index in [2.05, 4.69) is 30.2 Å². The summed E-state index contributed by atoms with van der Waals surface area (Å²) in [5.74, 6) is 0.248. The number of methoxy groups -OCH3 is 2. The largest absolute Gasteiger partial charge is 0.481 e. The van der Waals surface area contributed by atoms with Crippen LogP contribution in [0, 0.1) is 0 Å². The number of nitrogens with zero attached hydrogens (tertiary/aromatic N) is 6. The van der Waals surface area contributed by atoms with Gasteiger partial charge in [0.05, 0.1) is 31.6 Å². The summed E-state index contributed by atoms with van der Waals surface area (Å²) in [4.78, 5) is 46.6. The third-order valence-corrected chi connectivity index (χ3v) is 4.93. The molecule has 11 heteroatoms. The van der Waals surface area contributed by atoms with E-state index in [1.165, 1.54) is 32.7 Å². The standard InChI is InChI=1S/C20H21N7O4/c1-30-16-9-15(25-20(26-16)31-2)19(29)24-13-5-3-4-8-27-17(28)10-14(23-18(13)27)12-6-7-21-11-22-12/h6-7,9-11,13H,3-5,8H2,1-2H3,(H,24,29). The molecule has 0 spiro atoms. The lowest BCUT2D eigenvalue weighted by Crippen LogP contribution is -2.34. The Bertz CT molecular complexity index is 1130.